The van der Waals surface area contributed by atoms with Gasteiger partial charge in [0.25, 0.3) is 0 Å². The predicted molar refractivity (Wildman–Crippen MR) is 128 cm³/mol. The Morgan fingerprint density at radius 1 is 1.03 bits per heavy atom. The van der Waals surface area contributed by atoms with Gasteiger partial charge in [0.2, 0.25) is 11.8 Å². The van der Waals surface area contributed by atoms with E-state index in [1.165, 1.54) is 0 Å². The summed E-state index contributed by atoms with van der Waals surface area (Å²) in [5.41, 5.74) is 1.76. The second-order valence-corrected chi connectivity index (χ2v) is 8.31. The lowest BCUT2D eigenvalue weighted by Crippen LogP contribution is -2.39. The van der Waals surface area contributed by atoms with Crippen molar-refractivity contribution in [2.75, 3.05) is 19.7 Å². The molecule has 2 aromatic carbocycles. The molecule has 2 N–H and O–H groups in total. The maximum atomic E-state index is 13.1. The number of carbonyl (C=O) groups excluding carboxylic acids is 3. The first-order valence-corrected chi connectivity index (χ1v) is 11.7. The fourth-order valence-corrected chi connectivity index (χ4v) is 3.87. The van der Waals surface area contributed by atoms with Crippen LogP contribution in [0, 0.1) is 5.92 Å². The number of rotatable bonds is 7. The minimum atomic E-state index is -0.596. The molecule has 0 bridgehead atoms. The molecule has 0 aliphatic carbocycles. The Morgan fingerprint density at radius 3 is 2.44 bits per heavy atom. The van der Waals surface area contributed by atoms with Crippen molar-refractivity contribution in [1.82, 2.24) is 10.2 Å². The number of esters is 1. The van der Waals surface area contributed by atoms with E-state index in [0.717, 1.165) is 11.1 Å². The van der Waals surface area contributed by atoms with Crippen LogP contribution in [0.2, 0.25) is 0 Å². The number of amides is 2. The minimum absolute atomic E-state index is 0.0266. The van der Waals surface area contributed by atoms with Crippen LogP contribution in [-0.2, 0) is 25.7 Å². The summed E-state index contributed by atoms with van der Waals surface area (Å²) in [4.78, 5) is 40.0. The summed E-state index contributed by atoms with van der Waals surface area (Å²) in [5, 5.41) is 12.3. The topological polar surface area (TPSA) is 95.9 Å². The summed E-state index contributed by atoms with van der Waals surface area (Å²) in [6.07, 6.45) is 4.27. The average Bonchev–Trinajstić information content (AvgIpc) is 2.85. The van der Waals surface area contributed by atoms with Crippen LogP contribution in [0.4, 0.5) is 0 Å². The van der Waals surface area contributed by atoms with Gasteiger partial charge in [0.15, 0.2) is 0 Å². The first-order valence-electron chi connectivity index (χ1n) is 11.7. The van der Waals surface area contributed by atoms with E-state index >= 15 is 0 Å². The largest absolute Gasteiger partial charge is 0.456 e. The lowest BCUT2D eigenvalue weighted by atomic mass is 9.98. The lowest BCUT2D eigenvalue weighted by Gasteiger charge is -2.25. The number of ether oxygens (including phenoxy) is 1. The number of aliphatic hydroxyl groups is 1. The zero-order chi connectivity index (χ0) is 24.2. The highest BCUT2D eigenvalue weighted by Crippen LogP contribution is 2.20. The summed E-state index contributed by atoms with van der Waals surface area (Å²) in [6, 6.07) is 18.8. The Balaban J connectivity index is 1.71. The molecule has 0 aromatic heterocycles. The zero-order valence-corrected chi connectivity index (χ0v) is 19.3. The van der Waals surface area contributed by atoms with Gasteiger partial charge in [-0.2, -0.15) is 0 Å². The van der Waals surface area contributed by atoms with E-state index in [-0.39, 0.29) is 50.3 Å². The van der Waals surface area contributed by atoms with E-state index in [0.29, 0.717) is 19.4 Å². The first kappa shape index (κ1) is 25.2. The van der Waals surface area contributed by atoms with E-state index in [9.17, 15) is 19.5 Å². The van der Waals surface area contributed by atoms with Crippen molar-refractivity contribution in [1.29, 1.82) is 0 Å². The van der Waals surface area contributed by atoms with Gasteiger partial charge in [0.05, 0.1) is 19.1 Å². The number of aliphatic hydroxyl groups excluding tert-OH is 1. The van der Waals surface area contributed by atoms with E-state index in [1.807, 2.05) is 72.8 Å². The summed E-state index contributed by atoms with van der Waals surface area (Å²) in [6.45, 7) is 0.549. The number of carbonyl (C=O) groups is 3. The Labute approximate surface area is 200 Å². The van der Waals surface area contributed by atoms with Crippen LogP contribution in [0.1, 0.15) is 42.9 Å². The van der Waals surface area contributed by atoms with Gasteiger partial charge in [-0.3, -0.25) is 14.4 Å². The van der Waals surface area contributed by atoms with Crippen molar-refractivity contribution in [3.05, 3.63) is 83.9 Å². The number of cyclic esters (lactones) is 1. The van der Waals surface area contributed by atoms with Crippen LogP contribution in [0.3, 0.4) is 0 Å². The highest BCUT2D eigenvalue weighted by atomic mass is 16.5. The van der Waals surface area contributed by atoms with E-state index in [1.54, 1.807) is 4.90 Å². The molecule has 1 aliphatic heterocycles. The van der Waals surface area contributed by atoms with Crippen LogP contribution >= 0.6 is 0 Å². The number of nitrogens with one attached hydrogen (secondary N) is 1. The van der Waals surface area contributed by atoms with Crippen LogP contribution in [-0.4, -0.2) is 47.5 Å². The standard InChI is InChI=1S/C27H32N2O5/c30-17-16-29(20-21-10-4-1-5-11-21)25(31)18-23-14-8-3-9-15-26(32)34-24(19-28-27(23)33)22-12-6-2-7-13-22/h1-8,10-13,23-24,30H,9,14-20H2,(H,28,33)/b8-3-/t23-,24-/m0/s1. The maximum Gasteiger partial charge on any atom is 0.306 e. The van der Waals surface area contributed by atoms with E-state index in [2.05, 4.69) is 5.32 Å². The van der Waals surface area contributed by atoms with Crippen molar-refractivity contribution in [2.24, 2.45) is 5.92 Å². The highest BCUT2D eigenvalue weighted by Gasteiger charge is 2.26. The molecule has 0 saturated heterocycles. The number of hydrogen-bond donors (Lipinski definition) is 2. The van der Waals surface area contributed by atoms with E-state index in [4.69, 9.17) is 4.74 Å². The molecular weight excluding hydrogens is 432 g/mol. The molecule has 1 heterocycles. The first-order chi connectivity index (χ1) is 16.6. The number of benzene rings is 2. The Morgan fingerprint density at radius 2 is 1.74 bits per heavy atom. The Kier molecular flexibility index (Phi) is 9.85. The smallest absolute Gasteiger partial charge is 0.306 e. The highest BCUT2D eigenvalue weighted by molar-refractivity contribution is 5.86. The second-order valence-electron chi connectivity index (χ2n) is 8.31. The predicted octanol–water partition coefficient (Wildman–Crippen LogP) is 3.15. The molecule has 2 amide bonds. The molecular formula is C27H32N2O5. The van der Waals surface area contributed by atoms with Crippen molar-refractivity contribution in [3.8, 4) is 0 Å². The molecule has 0 saturated carbocycles. The third-order valence-corrected chi connectivity index (χ3v) is 5.74. The van der Waals surface area contributed by atoms with Crippen molar-refractivity contribution in [3.63, 3.8) is 0 Å². The van der Waals surface area contributed by atoms with Gasteiger partial charge in [-0.1, -0.05) is 72.8 Å². The quantitative estimate of drug-likeness (QED) is 0.485. The maximum absolute atomic E-state index is 13.1. The third-order valence-electron chi connectivity index (χ3n) is 5.74. The van der Waals surface area contributed by atoms with Crippen molar-refractivity contribution >= 4 is 17.8 Å². The average molecular weight is 465 g/mol. The number of hydrogen-bond acceptors (Lipinski definition) is 5. The Hall–Kier alpha value is -3.45. The molecule has 0 spiro atoms. The molecule has 34 heavy (non-hydrogen) atoms. The van der Waals surface area contributed by atoms with Crippen LogP contribution in [0.15, 0.2) is 72.8 Å². The normalized spacial score (nSPS) is 20.3. The van der Waals surface area contributed by atoms with Gasteiger partial charge in [0, 0.05) is 25.9 Å². The SMILES string of the molecule is O=C1CC/C=C\C[C@@H](CC(=O)N(CCO)Cc2ccccc2)C(=O)NC[C@@H](c2ccccc2)O1. The second kappa shape index (κ2) is 13.3. The molecule has 0 radical (unpaired) electrons. The Bertz CT molecular complexity index is 962. The molecule has 7 heteroatoms. The summed E-state index contributed by atoms with van der Waals surface area (Å²) in [5.74, 6) is -1.34. The van der Waals surface area contributed by atoms with Crippen LogP contribution < -0.4 is 5.32 Å². The van der Waals surface area contributed by atoms with Gasteiger partial charge in [0.1, 0.15) is 6.10 Å². The molecule has 0 unspecified atom stereocenters. The molecule has 1 aliphatic rings. The monoisotopic (exact) mass is 464 g/mol. The molecule has 2 aromatic rings. The molecule has 7 nitrogen and oxygen atoms in total. The van der Waals surface area contributed by atoms with E-state index < -0.39 is 12.0 Å². The van der Waals surface area contributed by atoms with Crippen molar-refractivity contribution in [2.45, 2.75) is 38.3 Å². The summed E-state index contributed by atoms with van der Waals surface area (Å²) < 4.78 is 5.62. The fraction of sp³-hybridized carbons (Fsp3) is 0.370. The molecule has 180 valence electrons. The molecule has 0 fully saturated rings. The molecule has 2 atom stereocenters. The minimum Gasteiger partial charge on any atom is -0.456 e. The summed E-state index contributed by atoms with van der Waals surface area (Å²) in [7, 11) is 0. The lowest BCUT2D eigenvalue weighted by molar-refractivity contribution is -0.150. The van der Waals surface area contributed by atoms with Gasteiger partial charge in [-0.25, -0.2) is 0 Å². The zero-order valence-electron chi connectivity index (χ0n) is 19.3. The molecule has 3 rings (SSSR count). The third kappa shape index (κ3) is 7.85. The van der Waals surface area contributed by atoms with Gasteiger partial charge in [-0.05, 0) is 24.0 Å². The van der Waals surface area contributed by atoms with Gasteiger partial charge >= 0.3 is 5.97 Å². The van der Waals surface area contributed by atoms with Gasteiger partial charge in [-0.15, -0.1) is 0 Å². The van der Waals surface area contributed by atoms with Crippen molar-refractivity contribution < 1.29 is 24.2 Å². The van der Waals surface area contributed by atoms with Crippen LogP contribution in [0.5, 0.6) is 0 Å². The van der Waals surface area contributed by atoms with Gasteiger partial charge < -0.3 is 20.1 Å². The summed E-state index contributed by atoms with van der Waals surface area (Å²) >= 11 is 0. The number of nitrogens with zero attached hydrogens (tertiary/aromatic N) is 1. The number of allylic oxidation sites excluding steroid dienone is 2. The fourth-order valence-electron chi connectivity index (χ4n) is 3.87. The van der Waals surface area contributed by atoms with Crippen LogP contribution in [0.25, 0.3) is 0 Å².